The van der Waals surface area contributed by atoms with Crippen LogP contribution in [0.5, 0.6) is 5.75 Å². The molecule has 3 aromatic rings. The second kappa shape index (κ2) is 8.92. The van der Waals surface area contributed by atoms with Gasteiger partial charge in [0.1, 0.15) is 16.5 Å². The lowest BCUT2D eigenvalue weighted by Crippen LogP contribution is -2.29. The summed E-state index contributed by atoms with van der Waals surface area (Å²) >= 11 is 1.26. The molecule has 1 aliphatic heterocycles. The first-order valence-corrected chi connectivity index (χ1v) is 11.2. The van der Waals surface area contributed by atoms with E-state index in [2.05, 4.69) is 10.2 Å². The molecule has 1 unspecified atom stereocenters. The lowest BCUT2D eigenvalue weighted by Gasteiger charge is -2.22. The van der Waals surface area contributed by atoms with Crippen molar-refractivity contribution in [2.75, 3.05) is 11.5 Å². The number of benzene rings is 2. The van der Waals surface area contributed by atoms with Gasteiger partial charge >= 0.3 is 5.91 Å². The number of rotatable bonds is 6. The molecule has 32 heavy (non-hydrogen) atoms. The molecule has 0 bridgehead atoms. The quantitative estimate of drug-likeness (QED) is 0.340. The Morgan fingerprint density at radius 1 is 1.06 bits per heavy atom. The summed E-state index contributed by atoms with van der Waals surface area (Å²) in [6.07, 6.45) is 0.665. The zero-order valence-corrected chi connectivity index (χ0v) is 18.8. The van der Waals surface area contributed by atoms with Crippen LogP contribution in [0.1, 0.15) is 41.6 Å². The molecule has 4 rings (SSSR count). The summed E-state index contributed by atoms with van der Waals surface area (Å²) < 4.78 is 5.52. The van der Waals surface area contributed by atoms with Crippen molar-refractivity contribution in [2.24, 2.45) is 0 Å². The third kappa shape index (κ3) is 3.89. The van der Waals surface area contributed by atoms with Gasteiger partial charge in [-0.05, 0) is 38.0 Å². The van der Waals surface area contributed by atoms with Gasteiger partial charge in [0.15, 0.2) is 0 Å². The van der Waals surface area contributed by atoms with Crippen LogP contribution in [0.4, 0.5) is 5.13 Å². The first-order valence-electron chi connectivity index (χ1n) is 10.4. The number of ketones is 1. The van der Waals surface area contributed by atoms with Crippen LogP contribution in [0.25, 0.3) is 5.76 Å². The van der Waals surface area contributed by atoms with Crippen LogP contribution in [-0.2, 0) is 16.0 Å². The molecule has 0 aliphatic carbocycles. The molecule has 1 aromatic heterocycles. The third-order valence-corrected chi connectivity index (χ3v) is 6.31. The van der Waals surface area contributed by atoms with Crippen LogP contribution < -0.4 is 9.64 Å². The van der Waals surface area contributed by atoms with Gasteiger partial charge in [0, 0.05) is 5.56 Å². The van der Waals surface area contributed by atoms with E-state index in [9.17, 15) is 14.7 Å². The summed E-state index contributed by atoms with van der Waals surface area (Å²) in [5, 5.41) is 20.4. The summed E-state index contributed by atoms with van der Waals surface area (Å²) in [5.74, 6) is -1.03. The molecule has 1 atom stereocenters. The van der Waals surface area contributed by atoms with E-state index in [0.29, 0.717) is 35.0 Å². The monoisotopic (exact) mass is 449 g/mol. The molecule has 1 amide bonds. The molecular weight excluding hydrogens is 426 g/mol. The smallest absolute Gasteiger partial charge is 0.301 e. The number of carbonyl (C=O) groups is 2. The van der Waals surface area contributed by atoms with Crippen molar-refractivity contribution in [3.05, 3.63) is 75.8 Å². The number of Topliss-reactive ketones (excluding diaryl/α,β-unsaturated/α-hetero) is 1. The highest BCUT2D eigenvalue weighted by atomic mass is 32.1. The fourth-order valence-electron chi connectivity index (χ4n) is 3.61. The highest BCUT2D eigenvalue weighted by Gasteiger charge is 2.48. The molecule has 7 nitrogen and oxygen atoms in total. The highest BCUT2D eigenvalue weighted by molar-refractivity contribution is 7.15. The normalized spacial score (nSPS) is 17.7. The number of carbonyl (C=O) groups excluding carboxylic acids is 2. The van der Waals surface area contributed by atoms with Gasteiger partial charge in [-0.1, -0.05) is 60.2 Å². The fraction of sp³-hybridized carbons (Fsp3) is 0.250. The molecule has 1 saturated heterocycles. The Morgan fingerprint density at radius 2 is 1.75 bits per heavy atom. The number of hydrogen-bond acceptors (Lipinski definition) is 7. The van der Waals surface area contributed by atoms with Crippen LogP contribution in [0.2, 0.25) is 0 Å². The number of anilines is 1. The van der Waals surface area contributed by atoms with Gasteiger partial charge in [0.25, 0.3) is 5.78 Å². The van der Waals surface area contributed by atoms with Gasteiger partial charge < -0.3 is 9.84 Å². The maximum Gasteiger partial charge on any atom is 0.301 e. The molecule has 1 fully saturated rings. The van der Waals surface area contributed by atoms with E-state index in [1.807, 2.05) is 32.9 Å². The molecule has 1 N–H and O–H groups in total. The summed E-state index contributed by atoms with van der Waals surface area (Å²) in [7, 11) is 0. The molecular formula is C24H23N3O4S. The van der Waals surface area contributed by atoms with E-state index >= 15 is 0 Å². The van der Waals surface area contributed by atoms with E-state index in [-0.39, 0.29) is 11.3 Å². The molecule has 0 radical (unpaired) electrons. The van der Waals surface area contributed by atoms with Gasteiger partial charge in [0.05, 0.1) is 18.2 Å². The number of amides is 1. The summed E-state index contributed by atoms with van der Waals surface area (Å²) in [5.41, 5.74) is 2.17. The maximum atomic E-state index is 13.1. The third-order valence-electron chi connectivity index (χ3n) is 5.24. The van der Waals surface area contributed by atoms with E-state index < -0.39 is 17.7 Å². The van der Waals surface area contributed by atoms with Crippen LogP contribution in [0, 0.1) is 6.92 Å². The van der Waals surface area contributed by atoms with E-state index in [4.69, 9.17) is 4.74 Å². The van der Waals surface area contributed by atoms with Crippen molar-refractivity contribution >= 4 is 33.9 Å². The molecule has 1 aliphatic rings. The highest BCUT2D eigenvalue weighted by Crippen LogP contribution is 2.43. The van der Waals surface area contributed by atoms with Gasteiger partial charge in [-0.25, -0.2) is 0 Å². The second-order valence-corrected chi connectivity index (χ2v) is 8.41. The Bertz CT molecular complexity index is 1180. The predicted octanol–water partition coefficient (Wildman–Crippen LogP) is 4.43. The molecule has 2 heterocycles. The first-order chi connectivity index (χ1) is 15.4. The standard InChI is InChI=1S/C24H23N3O4S/c1-4-18-25-26-24(32-18)27-20(15-10-12-17(13-11-15)31-5-2)19(22(29)23(27)30)21(28)16-8-6-14(3)7-9-16/h6-13,20,28H,4-5H2,1-3H3/b21-19+. The minimum absolute atomic E-state index is 0.0243. The van der Waals surface area contributed by atoms with Crippen molar-refractivity contribution in [1.29, 1.82) is 0 Å². The molecule has 0 saturated carbocycles. The fourth-order valence-corrected chi connectivity index (χ4v) is 4.42. The summed E-state index contributed by atoms with van der Waals surface area (Å²) in [4.78, 5) is 27.6. The first kappa shape index (κ1) is 21.7. The van der Waals surface area contributed by atoms with Crippen molar-refractivity contribution in [1.82, 2.24) is 10.2 Å². The zero-order chi connectivity index (χ0) is 22.8. The Balaban J connectivity index is 1.88. The lowest BCUT2D eigenvalue weighted by atomic mass is 9.95. The van der Waals surface area contributed by atoms with Crippen molar-refractivity contribution < 1.29 is 19.4 Å². The Labute approximate surface area is 190 Å². The zero-order valence-electron chi connectivity index (χ0n) is 18.0. The number of ether oxygens (including phenoxy) is 1. The Kier molecular flexibility index (Phi) is 6.05. The predicted molar refractivity (Wildman–Crippen MR) is 123 cm³/mol. The van der Waals surface area contributed by atoms with Crippen molar-refractivity contribution in [2.45, 2.75) is 33.2 Å². The number of nitrogens with zero attached hydrogens (tertiary/aromatic N) is 3. The molecule has 8 heteroatoms. The van der Waals surface area contributed by atoms with Gasteiger partial charge in [-0.2, -0.15) is 0 Å². The van der Waals surface area contributed by atoms with Gasteiger partial charge in [0.2, 0.25) is 5.13 Å². The van der Waals surface area contributed by atoms with Gasteiger partial charge in [-0.15, -0.1) is 10.2 Å². The maximum absolute atomic E-state index is 13.1. The molecule has 164 valence electrons. The van der Waals surface area contributed by atoms with Crippen LogP contribution in [-0.4, -0.2) is 33.6 Å². The Morgan fingerprint density at radius 3 is 2.34 bits per heavy atom. The number of aliphatic hydroxyl groups is 1. The summed E-state index contributed by atoms with van der Waals surface area (Å²) in [6.45, 7) is 6.30. The average Bonchev–Trinajstić information content (AvgIpc) is 3.37. The SMILES string of the molecule is CCOc1ccc(C2/C(=C(\O)c3ccc(C)cc3)C(=O)C(=O)N2c2nnc(CC)s2)cc1. The number of aromatic nitrogens is 2. The number of aliphatic hydroxyl groups excluding tert-OH is 1. The topological polar surface area (TPSA) is 92.6 Å². The number of hydrogen-bond donors (Lipinski definition) is 1. The average molecular weight is 450 g/mol. The van der Waals surface area contributed by atoms with Gasteiger partial charge in [-0.3, -0.25) is 14.5 Å². The molecule has 2 aromatic carbocycles. The van der Waals surface area contributed by atoms with Crippen LogP contribution >= 0.6 is 11.3 Å². The van der Waals surface area contributed by atoms with E-state index in [1.165, 1.54) is 16.2 Å². The minimum Gasteiger partial charge on any atom is -0.507 e. The minimum atomic E-state index is -0.829. The Hall–Kier alpha value is -3.52. The summed E-state index contributed by atoms with van der Waals surface area (Å²) in [6, 6.07) is 13.5. The van der Waals surface area contributed by atoms with Crippen molar-refractivity contribution in [3.8, 4) is 5.75 Å². The largest absolute Gasteiger partial charge is 0.507 e. The van der Waals surface area contributed by atoms with E-state index in [0.717, 1.165) is 10.6 Å². The number of aryl methyl sites for hydroxylation is 2. The second-order valence-electron chi connectivity index (χ2n) is 7.37. The van der Waals surface area contributed by atoms with Crippen LogP contribution in [0.15, 0.2) is 54.1 Å². The lowest BCUT2D eigenvalue weighted by molar-refractivity contribution is -0.132. The van der Waals surface area contributed by atoms with E-state index in [1.54, 1.807) is 36.4 Å². The van der Waals surface area contributed by atoms with Crippen LogP contribution in [0.3, 0.4) is 0 Å². The molecule has 0 spiro atoms. The van der Waals surface area contributed by atoms with Crippen molar-refractivity contribution in [3.63, 3.8) is 0 Å².